The average molecular weight is 337 g/mol. The van der Waals surface area contributed by atoms with Gasteiger partial charge in [-0.3, -0.25) is 9.78 Å². The van der Waals surface area contributed by atoms with E-state index in [4.69, 9.17) is 0 Å². The monoisotopic (exact) mass is 337 g/mol. The van der Waals surface area contributed by atoms with Gasteiger partial charge in [0.15, 0.2) is 0 Å². The fourth-order valence-corrected chi connectivity index (χ4v) is 3.22. The summed E-state index contributed by atoms with van der Waals surface area (Å²) in [4.78, 5) is 20.9. The molecule has 0 fully saturated rings. The molecule has 1 aromatic carbocycles. The minimum atomic E-state index is -0.108. The Morgan fingerprint density at radius 1 is 1.17 bits per heavy atom. The van der Waals surface area contributed by atoms with E-state index in [0.29, 0.717) is 6.42 Å². The van der Waals surface area contributed by atoms with E-state index in [9.17, 15) is 4.79 Å². The lowest BCUT2D eigenvalue weighted by Gasteiger charge is -2.11. The zero-order chi connectivity index (χ0) is 16.9. The highest BCUT2D eigenvalue weighted by Gasteiger charge is 2.14. The molecule has 0 aliphatic carbocycles. The SMILES string of the molecule is Cc1ccc(CC(=O)N[C@@H](C)c2nc(-c3ccncc3)cs2)cc1. The summed E-state index contributed by atoms with van der Waals surface area (Å²) in [5.41, 5.74) is 4.16. The van der Waals surface area contributed by atoms with E-state index in [1.165, 1.54) is 5.56 Å². The lowest BCUT2D eigenvalue weighted by molar-refractivity contribution is -0.121. The zero-order valence-electron chi connectivity index (χ0n) is 13.7. The molecule has 3 aromatic rings. The van der Waals surface area contributed by atoms with Crippen LogP contribution in [0.3, 0.4) is 0 Å². The largest absolute Gasteiger partial charge is 0.347 e. The molecule has 0 aliphatic heterocycles. The summed E-state index contributed by atoms with van der Waals surface area (Å²) >= 11 is 1.56. The smallest absolute Gasteiger partial charge is 0.224 e. The number of thiazole rings is 1. The van der Waals surface area contributed by atoms with Gasteiger partial charge in [0, 0.05) is 23.3 Å². The molecule has 24 heavy (non-hydrogen) atoms. The summed E-state index contributed by atoms with van der Waals surface area (Å²) in [6.07, 6.45) is 3.88. The fraction of sp³-hybridized carbons (Fsp3) is 0.211. The summed E-state index contributed by atoms with van der Waals surface area (Å²) in [6.45, 7) is 4.00. The number of nitrogens with one attached hydrogen (secondary N) is 1. The molecule has 1 atom stereocenters. The van der Waals surface area contributed by atoms with Gasteiger partial charge >= 0.3 is 0 Å². The van der Waals surface area contributed by atoms with Gasteiger partial charge < -0.3 is 5.32 Å². The molecule has 1 amide bonds. The highest BCUT2D eigenvalue weighted by molar-refractivity contribution is 7.10. The van der Waals surface area contributed by atoms with Gasteiger partial charge in [-0.2, -0.15) is 0 Å². The summed E-state index contributed by atoms with van der Waals surface area (Å²) in [5, 5.41) is 5.93. The molecule has 2 aromatic heterocycles. The first-order valence-corrected chi connectivity index (χ1v) is 8.70. The van der Waals surface area contributed by atoms with Crippen molar-refractivity contribution in [1.82, 2.24) is 15.3 Å². The van der Waals surface area contributed by atoms with Crippen LogP contribution in [0.5, 0.6) is 0 Å². The summed E-state index contributed by atoms with van der Waals surface area (Å²) in [6, 6.07) is 11.8. The molecule has 1 N–H and O–H groups in total. The molecule has 0 spiro atoms. The molecule has 5 heteroatoms. The Balaban J connectivity index is 1.62. The molecule has 0 radical (unpaired) electrons. The Morgan fingerprint density at radius 2 is 1.88 bits per heavy atom. The molecule has 0 bridgehead atoms. The number of rotatable bonds is 5. The number of carbonyl (C=O) groups is 1. The maximum absolute atomic E-state index is 12.2. The van der Waals surface area contributed by atoms with E-state index in [-0.39, 0.29) is 11.9 Å². The van der Waals surface area contributed by atoms with Crippen molar-refractivity contribution in [2.75, 3.05) is 0 Å². The maximum Gasteiger partial charge on any atom is 0.224 e. The number of benzene rings is 1. The number of hydrogen-bond donors (Lipinski definition) is 1. The third kappa shape index (κ3) is 4.06. The first-order chi connectivity index (χ1) is 11.6. The molecule has 4 nitrogen and oxygen atoms in total. The van der Waals surface area contributed by atoms with Crippen LogP contribution in [0.1, 0.15) is 29.1 Å². The second kappa shape index (κ2) is 7.36. The van der Waals surface area contributed by atoms with E-state index in [1.807, 2.05) is 55.6 Å². The van der Waals surface area contributed by atoms with E-state index >= 15 is 0 Å². The quantitative estimate of drug-likeness (QED) is 0.767. The Morgan fingerprint density at radius 3 is 2.58 bits per heavy atom. The van der Waals surface area contributed by atoms with Crippen LogP contribution in [0.2, 0.25) is 0 Å². The van der Waals surface area contributed by atoms with E-state index in [2.05, 4.69) is 15.3 Å². The van der Waals surface area contributed by atoms with Gasteiger partial charge in [0.05, 0.1) is 18.2 Å². The van der Waals surface area contributed by atoms with Crippen LogP contribution in [0, 0.1) is 6.92 Å². The van der Waals surface area contributed by atoms with Gasteiger partial charge in [0.1, 0.15) is 5.01 Å². The van der Waals surface area contributed by atoms with Crippen LogP contribution in [0.4, 0.5) is 0 Å². The number of amides is 1. The number of carbonyl (C=O) groups excluding carboxylic acids is 1. The number of hydrogen-bond acceptors (Lipinski definition) is 4. The summed E-state index contributed by atoms with van der Waals surface area (Å²) in [7, 11) is 0. The first-order valence-electron chi connectivity index (χ1n) is 7.82. The van der Waals surface area contributed by atoms with E-state index < -0.39 is 0 Å². The third-order valence-corrected chi connectivity index (χ3v) is 4.76. The lowest BCUT2D eigenvalue weighted by atomic mass is 10.1. The van der Waals surface area contributed by atoms with Crippen LogP contribution in [-0.2, 0) is 11.2 Å². The van der Waals surface area contributed by atoms with Crippen LogP contribution < -0.4 is 5.32 Å². The van der Waals surface area contributed by atoms with Crippen LogP contribution in [0.25, 0.3) is 11.3 Å². The maximum atomic E-state index is 12.2. The highest BCUT2D eigenvalue weighted by Crippen LogP contribution is 2.25. The Bertz CT molecular complexity index is 812. The standard InChI is InChI=1S/C19H19N3OS/c1-13-3-5-15(6-4-13)11-18(23)21-14(2)19-22-17(12-24-19)16-7-9-20-10-8-16/h3-10,12,14H,11H2,1-2H3,(H,21,23)/t14-/m0/s1. The van der Waals surface area contributed by atoms with Crippen LogP contribution >= 0.6 is 11.3 Å². The van der Waals surface area contributed by atoms with Crippen molar-refractivity contribution >= 4 is 17.2 Å². The van der Waals surface area contributed by atoms with Gasteiger partial charge in [0.25, 0.3) is 0 Å². The van der Waals surface area contributed by atoms with Gasteiger partial charge in [0.2, 0.25) is 5.91 Å². The second-order valence-corrected chi connectivity index (χ2v) is 6.65. The lowest BCUT2D eigenvalue weighted by Crippen LogP contribution is -2.28. The Kier molecular flexibility index (Phi) is 5.01. The molecule has 3 rings (SSSR count). The topological polar surface area (TPSA) is 54.9 Å². The van der Waals surface area contributed by atoms with Crippen molar-refractivity contribution in [2.24, 2.45) is 0 Å². The van der Waals surface area contributed by atoms with E-state index in [1.54, 1.807) is 23.7 Å². The molecular formula is C19H19N3OS. The summed E-state index contributed by atoms with van der Waals surface area (Å²) in [5.74, 6) is 0.00649. The second-order valence-electron chi connectivity index (χ2n) is 5.76. The average Bonchev–Trinajstić information content (AvgIpc) is 3.08. The van der Waals surface area contributed by atoms with E-state index in [0.717, 1.165) is 21.8 Å². The fourth-order valence-electron chi connectivity index (χ4n) is 2.39. The number of nitrogens with zero attached hydrogens (tertiary/aromatic N) is 2. The Labute approximate surface area is 145 Å². The molecule has 0 unspecified atom stereocenters. The molecular weight excluding hydrogens is 318 g/mol. The minimum Gasteiger partial charge on any atom is -0.347 e. The molecule has 122 valence electrons. The molecule has 0 aliphatic rings. The molecule has 0 saturated carbocycles. The van der Waals surface area contributed by atoms with Crippen molar-refractivity contribution < 1.29 is 4.79 Å². The van der Waals surface area contributed by atoms with Crippen molar-refractivity contribution in [3.63, 3.8) is 0 Å². The molecule has 0 saturated heterocycles. The van der Waals surface area contributed by atoms with Crippen molar-refractivity contribution in [1.29, 1.82) is 0 Å². The van der Waals surface area contributed by atoms with Crippen LogP contribution in [-0.4, -0.2) is 15.9 Å². The van der Waals surface area contributed by atoms with Gasteiger partial charge in [-0.1, -0.05) is 29.8 Å². The minimum absolute atomic E-state index is 0.00649. The Hall–Kier alpha value is -2.53. The highest BCUT2D eigenvalue weighted by atomic mass is 32.1. The molecule has 2 heterocycles. The first kappa shape index (κ1) is 16.3. The number of aryl methyl sites for hydroxylation is 1. The van der Waals surface area contributed by atoms with Crippen molar-refractivity contribution in [3.05, 3.63) is 70.3 Å². The van der Waals surface area contributed by atoms with Crippen LogP contribution in [0.15, 0.2) is 54.2 Å². The predicted molar refractivity (Wildman–Crippen MR) is 96.8 cm³/mol. The normalized spacial score (nSPS) is 11.9. The zero-order valence-corrected chi connectivity index (χ0v) is 14.5. The van der Waals surface area contributed by atoms with Crippen molar-refractivity contribution in [2.45, 2.75) is 26.3 Å². The summed E-state index contributed by atoms with van der Waals surface area (Å²) < 4.78 is 0. The number of aromatic nitrogens is 2. The van der Waals surface area contributed by atoms with Gasteiger partial charge in [-0.05, 0) is 31.5 Å². The number of pyridine rings is 1. The van der Waals surface area contributed by atoms with Gasteiger partial charge in [-0.15, -0.1) is 11.3 Å². The van der Waals surface area contributed by atoms with Crippen molar-refractivity contribution in [3.8, 4) is 11.3 Å². The van der Waals surface area contributed by atoms with Gasteiger partial charge in [-0.25, -0.2) is 4.98 Å². The third-order valence-electron chi connectivity index (χ3n) is 3.73. The predicted octanol–water partition coefficient (Wildman–Crippen LogP) is 3.93.